The molecule has 1 aromatic rings. The van der Waals surface area contributed by atoms with Gasteiger partial charge in [-0.05, 0) is 24.8 Å². The largest absolute Gasteiger partial charge is 0.481 e. The lowest BCUT2D eigenvalue weighted by atomic mass is 10.0. The second-order valence-electron chi connectivity index (χ2n) is 3.60. The first-order chi connectivity index (χ1) is 7.24. The van der Waals surface area contributed by atoms with Crippen molar-refractivity contribution in [2.75, 3.05) is 5.75 Å². The molecule has 0 aliphatic rings. The minimum Gasteiger partial charge on any atom is -0.481 e. The van der Waals surface area contributed by atoms with Gasteiger partial charge in [-0.1, -0.05) is 30.3 Å². The summed E-state index contributed by atoms with van der Waals surface area (Å²) in [6.45, 7) is 0. The van der Waals surface area contributed by atoms with Crippen LogP contribution in [0.5, 0.6) is 0 Å². The van der Waals surface area contributed by atoms with Crippen LogP contribution in [0.2, 0.25) is 0 Å². The Hall–Kier alpha value is -0.960. The number of carboxylic acids is 1. The van der Waals surface area contributed by atoms with Crippen LogP contribution in [0.3, 0.4) is 0 Å². The van der Waals surface area contributed by atoms with E-state index >= 15 is 0 Å². The quantitative estimate of drug-likeness (QED) is 0.729. The maximum atomic E-state index is 10.7. The highest BCUT2D eigenvalue weighted by molar-refractivity contribution is 7.80. The molecule has 15 heavy (non-hydrogen) atoms. The summed E-state index contributed by atoms with van der Waals surface area (Å²) in [5.41, 5.74) is 1.26. The Bertz CT molecular complexity index is 298. The minimum atomic E-state index is -0.738. The number of benzene rings is 1. The molecule has 0 aromatic heterocycles. The second-order valence-corrected chi connectivity index (χ2v) is 3.96. The lowest BCUT2D eigenvalue weighted by Gasteiger charge is -2.08. The van der Waals surface area contributed by atoms with Crippen LogP contribution >= 0.6 is 12.6 Å². The Morgan fingerprint density at radius 2 is 2.00 bits per heavy atom. The second kappa shape index (κ2) is 6.51. The Morgan fingerprint density at radius 1 is 1.33 bits per heavy atom. The monoisotopic (exact) mass is 224 g/mol. The van der Waals surface area contributed by atoms with Crippen LogP contribution in [-0.2, 0) is 11.2 Å². The molecule has 0 unspecified atom stereocenters. The van der Waals surface area contributed by atoms with Gasteiger partial charge in [-0.15, -0.1) is 0 Å². The number of carbonyl (C=O) groups is 1. The van der Waals surface area contributed by atoms with Gasteiger partial charge in [0.15, 0.2) is 0 Å². The predicted molar refractivity (Wildman–Crippen MR) is 64.4 cm³/mol. The highest BCUT2D eigenvalue weighted by atomic mass is 32.1. The zero-order valence-electron chi connectivity index (χ0n) is 8.60. The van der Waals surface area contributed by atoms with E-state index in [1.165, 1.54) is 5.56 Å². The lowest BCUT2D eigenvalue weighted by Crippen LogP contribution is -2.15. The summed E-state index contributed by atoms with van der Waals surface area (Å²) < 4.78 is 0. The van der Waals surface area contributed by atoms with Crippen LogP contribution in [0.25, 0.3) is 0 Å². The molecule has 0 radical (unpaired) electrons. The zero-order chi connectivity index (χ0) is 11.1. The summed E-state index contributed by atoms with van der Waals surface area (Å²) in [5, 5.41) is 8.82. The third kappa shape index (κ3) is 4.38. The number of aryl methyl sites for hydroxylation is 1. The van der Waals surface area contributed by atoms with E-state index in [1.807, 2.05) is 18.2 Å². The van der Waals surface area contributed by atoms with Gasteiger partial charge in [0.2, 0.25) is 0 Å². The molecule has 82 valence electrons. The van der Waals surface area contributed by atoms with Crippen molar-refractivity contribution in [1.29, 1.82) is 0 Å². The molecule has 1 atom stereocenters. The van der Waals surface area contributed by atoms with Crippen molar-refractivity contribution in [1.82, 2.24) is 0 Å². The highest BCUT2D eigenvalue weighted by Crippen LogP contribution is 2.12. The molecule has 1 N–H and O–H groups in total. The maximum absolute atomic E-state index is 10.7. The normalized spacial score (nSPS) is 12.3. The molecule has 3 heteroatoms. The molecular weight excluding hydrogens is 208 g/mol. The number of hydrogen-bond acceptors (Lipinski definition) is 2. The fraction of sp³-hybridized carbons (Fsp3) is 0.417. The molecule has 0 bridgehead atoms. The average Bonchev–Trinajstić information content (AvgIpc) is 2.25. The van der Waals surface area contributed by atoms with Crippen LogP contribution in [0, 0.1) is 5.92 Å². The summed E-state index contributed by atoms with van der Waals surface area (Å²) in [7, 11) is 0. The number of carboxylic acid groups (broad SMARTS) is 1. The van der Waals surface area contributed by atoms with Crippen molar-refractivity contribution in [3.8, 4) is 0 Å². The molecule has 1 aromatic carbocycles. The van der Waals surface area contributed by atoms with Crippen molar-refractivity contribution < 1.29 is 9.90 Å². The molecule has 1 rings (SSSR count). The summed E-state index contributed by atoms with van der Waals surface area (Å²) in [6.07, 6.45) is 2.55. The molecular formula is C12H16O2S. The molecule has 0 saturated carbocycles. The van der Waals surface area contributed by atoms with Gasteiger partial charge < -0.3 is 5.11 Å². The molecule has 0 amide bonds. The molecule has 2 nitrogen and oxygen atoms in total. The third-order valence-corrected chi connectivity index (χ3v) is 2.87. The Labute approximate surface area is 95.7 Å². The SMILES string of the molecule is O=C(O)[C@@H](CS)CCCc1ccccc1. The Kier molecular flexibility index (Phi) is 5.26. The van der Waals surface area contributed by atoms with Crippen molar-refractivity contribution in [3.05, 3.63) is 35.9 Å². The summed E-state index contributed by atoms with van der Waals surface area (Å²) in [6, 6.07) is 10.1. The number of hydrogen-bond donors (Lipinski definition) is 2. The standard InChI is InChI=1S/C12H16O2S/c13-12(14)11(9-15)8-4-7-10-5-2-1-3-6-10/h1-3,5-6,11,15H,4,7-9H2,(H,13,14)/t11-/m1/s1. The molecule has 0 saturated heterocycles. The van der Waals surface area contributed by atoms with Crippen LogP contribution in [0.4, 0.5) is 0 Å². The molecule has 0 aliphatic heterocycles. The molecule has 0 heterocycles. The van der Waals surface area contributed by atoms with Gasteiger partial charge in [-0.2, -0.15) is 12.6 Å². The van der Waals surface area contributed by atoms with E-state index in [9.17, 15) is 4.79 Å². The third-order valence-electron chi connectivity index (χ3n) is 2.43. The van der Waals surface area contributed by atoms with Crippen LogP contribution in [0.1, 0.15) is 18.4 Å². The zero-order valence-corrected chi connectivity index (χ0v) is 9.49. The first kappa shape index (κ1) is 12.1. The first-order valence-electron chi connectivity index (χ1n) is 5.11. The predicted octanol–water partition coefficient (Wildman–Crippen LogP) is 2.64. The minimum absolute atomic E-state index is 0.308. The maximum Gasteiger partial charge on any atom is 0.307 e. The smallest absolute Gasteiger partial charge is 0.307 e. The van der Waals surface area contributed by atoms with Gasteiger partial charge in [0.05, 0.1) is 5.92 Å². The fourth-order valence-corrected chi connectivity index (χ4v) is 1.83. The summed E-state index contributed by atoms with van der Waals surface area (Å²) >= 11 is 4.03. The first-order valence-corrected chi connectivity index (χ1v) is 5.75. The van der Waals surface area contributed by atoms with Crippen molar-refractivity contribution in [2.24, 2.45) is 5.92 Å². The Morgan fingerprint density at radius 3 is 2.53 bits per heavy atom. The van der Waals surface area contributed by atoms with E-state index in [-0.39, 0.29) is 5.92 Å². The van der Waals surface area contributed by atoms with E-state index in [0.717, 1.165) is 12.8 Å². The van der Waals surface area contributed by atoms with Gasteiger partial charge in [0.25, 0.3) is 0 Å². The topological polar surface area (TPSA) is 37.3 Å². The van der Waals surface area contributed by atoms with E-state index < -0.39 is 5.97 Å². The lowest BCUT2D eigenvalue weighted by molar-refractivity contribution is -0.141. The molecule has 0 spiro atoms. The summed E-state index contributed by atoms with van der Waals surface area (Å²) in [5.74, 6) is -0.625. The van der Waals surface area contributed by atoms with Gasteiger partial charge in [-0.25, -0.2) is 0 Å². The van der Waals surface area contributed by atoms with Crippen molar-refractivity contribution >= 4 is 18.6 Å². The highest BCUT2D eigenvalue weighted by Gasteiger charge is 2.14. The number of rotatable bonds is 6. The van der Waals surface area contributed by atoms with E-state index in [4.69, 9.17) is 5.11 Å². The summed E-state index contributed by atoms with van der Waals surface area (Å²) in [4.78, 5) is 10.7. The number of aliphatic carboxylic acids is 1. The van der Waals surface area contributed by atoms with Gasteiger partial charge in [0.1, 0.15) is 0 Å². The van der Waals surface area contributed by atoms with E-state index in [2.05, 4.69) is 24.8 Å². The van der Waals surface area contributed by atoms with Crippen molar-refractivity contribution in [2.45, 2.75) is 19.3 Å². The Balaban J connectivity index is 2.30. The van der Waals surface area contributed by atoms with Gasteiger partial charge in [-0.3, -0.25) is 4.79 Å². The van der Waals surface area contributed by atoms with Crippen LogP contribution in [-0.4, -0.2) is 16.8 Å². The average molecular weight is 224 g/mol. The van der Waals surface area contributed by atoms with E-state index in [1.54, 1.807) is 0 Å². The molecule has 0 aliphatic carbocycles. The van der Waals surface area contributed by atoms with E-state index in [0.29, 0.717) is 12.2 Å². The fourth-order valence-electron chi connectivity index (χ4n) is 1.49. The van der Waals surface area contributed by atoms with Gasteiger partial charge >= 0.3 is 5.97 Å². The van der Waals surface area contributed by atoms with Crippen molar-refractivity contribution in [3.63, 3.8) is 0 Å². The number of thiol groups is 1. The van der Waals surface area contributed by atoms with Gasteiger partial charge in [0, 0.05) is 5.75 Å². The van der Waals surface area contributed by atoms with Crippen LogP contribution < -0.4 is 0 Å². The van der Waals surface area contributed by atoms with Crippen LogP contribution in [0.15, 0.2) is 30.3 Å². The molecule has 0 fully saturated rings.